The quantitative estimate of drug-likeness (QED) is 0.586. The monoisotopic (exact) mass is 377 g/mol. The summed E-state index contributed by atoms with van der Waals surface area (Å²) in [7, 11) is 1.64. The molecule has 0 saturated heterocycles. The van der Waals surface area contributed by atoms with Crippen molar-refractivity contribution in [3.63, 3.8) is 0 Å². The van der Waals surface area contributed by atoms with Gasteiger partial charge >= 0.3 is 5.97 Å². The zero-order valence-electron chi connectivity index (χ0n) is 11.3. The average molecular weight is 377 g/mol. The molecule has 2 N–H and O–H groups in total. The number of halogens is 1. The van der Waals surface area contributed by atoms with E-state index in [4.69, 9.17) is 15.2 Å². The molecule has 0 aliphatic carbocycles. The van der Waals surface area contributed by atoms with Gasteiger partial charge in [-0.2, -0.15) is 0 Å². The molecule has 0 bridgehead atoms. The number of hydrogen-bond acceptors (Lipinski definition) is 4. The van der Waals surface area contributed by atoms with E-state index in [1.807, 2.05) is 18.2 Å². The Bertz CT molecular complexity index is 423. The number of ether oxygens (including phenoxy) is 2. The van der Waals surface area contributed by atoms with Crippen LogP contribution in [0.25, 0.3) is 0 Å². The predicted octanol–water partition coefficient (Wildman–Crippen LogP) is 3.03. The van der Waals surface area contributed by atoms with Crippen LogP contribution in [0.2, 0.25) is 0 Å². The van der Waals surface area contributed by atoms with Crippen LogP contribution in [-0.2, 0) is 9.53 Å². The third-order valence-corrected chi connectivity index (χ3v) is 3.46. The Kier molecular flexibility index (Phi) is 7.15. The summed E-state index contributed by atoms with van der Waals surface area (Å²) in [4.78, 5) is 11.2. The Morgan fingerprint density at radius 1 is 1.47 bits per heavy atom. The van der Waals surface area contributed by atoms with Gasteiger partial charge in [0.05, 0.1) is 13.7 Å². The fraction of sp³-hybridized carbons (Fsp3) is 0.500. The second kappa shape index (κ2) is 8.37. The van der Waals surface area contributed by atoms with Crippen molar-refractivity contribution < 1.29 is 14.3 Å². The van der Waals surface area contributed by atoms with Crippen molar-refractivity contribution in [2.24, 2.45) is 5.73 Å². The molecular weight excluding hydrogens is 357 g/mol. The number of nitrogens with two attached hydrogens (primary N) is 1. The van der Waals surface area contributed by atoms with Gasteiger partial charge in [0.2, 0.25) is 0 Å². The summed E-state index contributed by atoms with van der Waals surface area (Å²) in [5.74, 6) is 0.633. The van der Waals surface area contributed by atoms with Crippen LogP contribution in [-0.4, -0.2) is 19.7 Å². The van der Waals surface area contributed by atoms with E-state index in [-0.39, 0.29) is 12.0 Å². The number of rotatable bonds is 7. The highest BCUT2D eigenvalue weighted by Gasteiger charge is 2.13. The van der Waals surface area contributed by atoms with Gasteiger partial charge in [0, 0.05) is 21.6 Å². The molecule has 0 radical (unpaired) electrons. The largest absolute Gasteiger partial charge is 0.496 e. The van der Waals surface area contributed by atoms with Crippen molar-refractivity contribution in [3.8, 4) is 5.75 Å². The Morgan fingerprint density at radius 3 is 2.84 bits per heavy atom. The first-order valence-electron chi connectivity index (χ1n) is 6.33. The normalized spacial score (nSPS) is 12.0. The number of methoxy groups -OCH3 is 1. The van der Waals surface area contributed by atoms with E-state index in [2.05, 4.69) is 22.6 Å². The van der Waals surface area contributed by atoms with Crippen molar-refractivity contribution in [2.75, 3.05) is 13.7 Å². The van der Waals surface area contributed by atoms with Gasteiger partial charge in [0.15, 0.2) is 0 Å². The molecule has 1 atom stereocenters. The molecule has 0 spiro atoms. The highest BCUT2D eigenvalue weighted by atomic mass is 127. The Hall–Kier alpha value is -0.820. The van der Waals surface area contributed by atoms with Crippen LogP contribution in [0, 0.1) is 3.57 Å². The van der Waals surface area contributed by atoms with E-state index in [1.54, 1.807) is 14.0 Å². The van der Waals surface area contributed by atoms with Crippen LogP contribution in [0.15, 0.2) is 18.2 Å². The third-order valence-electron chi connectivity index (χ3n) is 2.79. The SMILES string of the molecule is CCOC(=O)CCCC(N)c1cc(I)ccc1OC. The smallest absolute Gasteiger partial charge is 0.305 e. The minimum absolute atomic E-state index is 0.126. The van der Waals surface area contributed by atoms with Crippen molar-refractivity contribution in [3.05, 3.63) is 27.3 Å². The van der Waals surface area contributed by atoms with Crippen LogP contribution >= 0.6 is 22.6 Å². The van der Waals surface area contributed by atoms with Gasteiger partial charge in [-0.3, -0.25) is 4.79 Å². The molecule has 0 fully saturated rings. The third kappa shape index (κ3) is 5.36. The van der Waals surface area contributed by atoms with Crippen LogP contribution in [0.1, 0.15) is 37.8 Å². The van der Waals surface area contributed by atoms with Crippen LogP contribution in [0.4, 0.5) is 0 Å². The first-order chi connectivity index (χ1) is 9.08. The zero-order valence-corrected chi connectivity index (χ0v) is 13.5. The molecule has 0 saturated carbocycles. The first kappa shape index (κ1) is 16.2. The lowest BCUT2D eigenvalue weighted by molar-refractivity contribution is -0.143. The topological polar surface area (TPSA) is 61.5 Å². The minimum Gasteiger partial charge on any atom is -0.496 e. The molecule has 5 heteroatoms. The molecule has 1 aromatic carbocycles. The highest BCUT2D eigenvalue weighted by molar-refractivity contribution is 14.1. The van der Waals surface area contributed by atoms with E-state index >= 15 is 0 Å². The molecule has 4 nitrogen and oxygen atoms in total. The van der Waals surface area contributed by atoms with E-state index < -0.39 is 0 Å². The van der Waals surface area contributed by atoms with Crippen molar-refractivity contribution in [2.45, 2.75) is 32.2 Å². The zero-order chi connectivity index (χ0) is 14.3. The van der Waals surface area contributed by atoms with Gasteiger partial charge in [-0.25, -0.2) is 0 Å². The maximum Gasteiger partial charge on any atom is 0.305 e. The van der Waals surface area contributed by atoms with Crippen molar-refractivity contribution in [1.82, 2.24) is 0 Å². The maximum absolute atomic E-state index is 11.2. The number of hydrogen-bond donors (Lipinski definition) is 1. The summed E-state index contributed by atoms with van der Waals surface area (Å²) < 4.78 is 11.3. The van der Waals surface area contributed by atoms with Crippen LogP contribution in [0.3, 0.4) is 0 Å². The lowest BCUT2D eigenvalue weighted by atomic mass is 10.0. The van der Waals surface area contributed by atoms with Gasteiger partial charge in [0.1, 0.15) is 5.75 Å². The van der Waals surface area contributed by atoms with Crippen LogP contribution < -0.4 is 10.5 Å². The molecule has 0 aliphatic rings. The molecule has 106 valence electrons. The number of carbonyl (C=O) groups excluding carboxylic acids is 1. The maximum atomic E-state index is 11.2. The summed E-state index contributed by atoms with van der Waals surface area (Å²) >= 11 is 2.25. The molecule has 0 aliphatic heterocycles. The molecular formula is C14H20INO3. The fourth-order valence-corrected chi connectivity index (χ4v) is 2.37. The van der Waals surface area contributed by atoms with E-state index in [9.17, 15) is 4.79 Å². The van der Waals surface area contributed by atoms with Crippen molar-refractivity contribution >= 4 is 28.6 Å². The summed E-state index contributed by atoms with van der Waals surface area (Å²) in [5.41, 5.74) is 7.15. The molecule has 1 rings (SSSR count). The number of esters is 1. The lowest BCUT2D eigenvalue weighted by Crippen LogP contribution is -2.13. The molecule has 1 unspecified atom stereocenters. The van der Waals surface area contributed by atoms with Gasteiger partial charge in [-0.1, -0.05) is 0 Å². The summed E-state index contributed by atoms with van der Waals surface area (Å²) in [6, 6.07) is 5.80. The Balaban J connectivity index is 2.55. The summed E-state index contributed by atoms with van der Waals surface area (Å²) in [6.45, 7) is 2.23. The van der Waals surface area contributed by atoms with Gasteiger partial charge in [-0.05, 0) is 60.6 Å². The minimum atomic E-state index is -0.163. The van der Waals surface area contributed by atoms with E-state index in [0.29, 0.717) is 19.4 Å². The lowest BCUT2D eigenvalue weighted by Gasteiger charge is -2.16. The van der Waals surface area contributed by atoms with Gasteiger partial charge in [-0.15, -0.1) is 0 Å². The highest BCUT2D eigenvalue weighted by Crippen LogP contribution is 2.28. The Morgan fingerprint density at radius 2 is 2.21 bits per heavy atom. The van der Waals surface area contributed by atoms with Gasteiger partial charge in [0.25, 0.3) is 0 Å². The van der Waals surface area contributed by atoms with E-state index in [0.717, 1.165) is 21.3 Å². The second-order valence-electron chi connectivity index (χ2n) is 4.19. The molecule has 1 aromatic rings. The second-order valence-corrected chi connectivity index (χ2v) is 5.44. The Labute approximate surface area is 127 Å². The first-order valence-corrected chi connectivity index (χ1v) is 7.41. The number of carbonyl (C=O) groups is 1. The number of benzene rings is 1. The molecule has 0 aromatic heterocycles. The predicted molar refractivity (Wildman–Crippen MR) is 83.1 cm³/mol. The average Bonchev–Trinajstić information content (AvgIpc) is 2.38. The molecule has 0 amide bonds. The van der Waals surface area contributed by atoms with Crippen molar-refractivity contribution in [1.29, 1.82) is 0 Å². The van der Waals surface area contributed by atoms with Crippen LogP contribution in [0.5, 0.6) is 5.75 Å². The standard InChI is InChI=1S/C14H20INO3/c1-3-19-14(17)6-4-5-12(16)11-9-10(15)7-8-13(11)18-2/h7-9,12H,3-6,16H2,1-2H3. The molecule has 0 heterocycles. The summed E-state index contributed by atoms with van der Waals surface area (Å²) in [5, 5.41) is 0. The van der Waals surface area contributed by atoms with Gasteiger partial charge < -0.3 is 15.2 Å². The molecule has 19 heavy (non-hydrogen) atoms. The summed E-state index contributed by atoms with van der Waals surface area (Å²) in [6.07, 6.45) is 1.86. The van der Waals surface area contributed by atoms with E-state index in [1.165, 1.54) is 0 Å². The fourth-order valence-electron chi connectivity index (χ4n) is 1.85.